The summed E-state index contributed by atoms with van der Waals surface area (Å²) in [7, 11) is 0. The molecule has 1 aromatic rings. The average Bonchev–Trinajstić information content (AvgIpc) is 2.59. The van der Waals surface area contributed by atoms with Gasteiger partial charge in [-0.25, -0.2) is 0 Å². The van der Waals surface area contributed by atoms with Crippen LogP contribution in [0.5, 0.6) is 0 Å². The lowest BCUT2D eigenvalue weighted by Crippen LogP contribution is -2.38. The molecule has 7 nitrogen and oxygen atoms in total. The van der Waals surface area contributed by atoms with Crippen molar-refractivity contribution in [1.82, 2.24) is 10.6 Å². The topological polar surface area (TPSA) is 101 Å². The van der Waals surface area contributed by atoms with E-state index in [2.05, 4.69) is 24.5 Å². The van der Waals surface area contributed by atoms with E-state index in [9.17, 15) is 19.7 Å². The van der Waals surface area contributed by atoms with Crippen molar-refractivity contribution >= 4 is 17.5 Å². The van der Waals surface area contributed by atoms with Crippen LogP contribution in [-0.2, 0) is 4.79 Å². The van der Waals surface area contributed by atoms with Crippen molar-refractivity contribution in [3.05, 3.63) is 39.9 Å². The number of nitrogens with one attached hydrogen (secondary N) is 2. The minimum Gasteiger partial charge on any atom is -0.354 e. The number of unbranched alkanes of at least 4 members (excludes halogenated alkanes) is 1. The summed E-state index contributed by atoms with van der Waals surface area (Å²) in [6.07, 6.45) is 4.34. The molecule has 7 heteroatoms. The lowest BCUT2D eigenvalue weighted by Gasteiger charge is -2.15. The SMILES string of the molecule is CCCCC(CC)CNC(=O)CNC(=O)c1cccc([N+](=O)[O-])c1. The third-order valence-electron chi connectivity index (χ3n) is 3.86. The smallest absolute Gasteiger partial charge is 0.270 e. The van der Waals surface area contributed by atoms with Crippen LogP contribution < -0.4 is 10.6 Å². The summed E-state index contributed by atoms with van der Waals surface area (Å²) < 4.78 is 0. The highest BCUT2D eigenvalue weighted by atomic mass is 16.6. The van der Waals surface area contributed by atoms with Crippen LogP contribution in [0.2, 0.25) is 0 Å². The summed E-state index contributed by atoms with van der Waals surface area (Å²) in [5.74, 6) is -0.322. The Kier molecular flexibility index (Phi) is 8.46. The largest absolute Gasteiger partial charge is 0.354 e. The maximum atomic E-state index is 11.9. The monoisotopic (exact) mass is 335 g/mol. The Morgan fingerprint density at radius 1 is 1.25 bits per heavy atom. The minimum absolute atomic E-state index is 0.147. The highest BCUT2D eigenvalue weighted by molar-refractivity contribution is 5.96. The number of nitro benzene ring substituents is 1. The van der Waals surface area contributed by atoms with Gasteiger partial charge in [-0.2, -0.15) is 0 Å². The second-order valence-electron chi connectivity index (χ2n) is 5.71. The van der Waals surface area contributed by atoms with Crippen LogP contribution >= 0.6 is 0 Å². The molecule has 2 N–H and O–H groups in total. The van der Waals surface area contributed by atoms with E-state index >= 15 is 0 Å². The van der Waals surface area contributed by atoms with E-state index in [0.717, 1.165) is 25.7 Å². The van der Waals surface area contributed by atoms with Gasteiger partial charge >= 0.3 is 0 Å². The van der Waals surface area contributed by atoms with Gasteiger partial charge in [0.25, 0.3) is 11.6 Å². The fourth-order valence-electron chi connectivity index (χ4n) is 2.29. The van der Waals surface area contributed by atoms with Crippen molar-refractivity contribution < 1.29 is 14.5 Å². The van der Waals surface area contributed by atoms with E-state index in [1.54, 1.807) is 0 Å². The summed E-state index contributed by atoms with van der Waals surface area (Å²) >= 11 is 0. The van der Waals surface area contributed by atoms with Crippen molar-refractivity contribution in [3.8, 4) is 0 Å². The molecule has 0 bridgehead atoms. The van der Waals surface area contributed by atoms with Gasteiger partial charge in [0.2, 0.25) is 5.91 Å². The number of rotatable bonds is 10. The van der Waals surface area contributed by atoms with Crippen molar-refractivity contribution in [2.24, 2.45) is 5.92 Å². The van der Waals surface area contributed by atoms with Crippen molar-refractivity contribution in [2.45, 2.75) is 39.5 Å². The Hall–Kier alpha value is -2.44. The molecule has 0 fully saturated rings. The first kappa shape index (κ1) is 19.6. The Morgan fingerprint density at radius 2 is 2.00 bits per heavy atom. The van der Waals surface area contributed by atoms with E-state index in [-0.39, 0.29) is 23.7 Å². The molecule has 132 valence electrons. The first-order chi connectivity index (χ1) is 11.5. The number of carbonyl (C=O) groups excluding carboxylic acids is 2. The normalized spacial score (nSPS) is 11.6. The maximum Gasteiger partial charge on any atom is 0.270 e. The van der Waals surface area contributed by atoms with E-state index in [1.807, 2.05) is 0 Å². The molecule has 0 heterocycles. The molecule has 0 radical (unpaired) electrons. The van der Waals surface area contributed by atoms with Crippen LogP contribution in [0.25, 0.3) is 0 Å². The lowest BCUT2D eigenvalue weighted by molar-refractivity contribution is -0.384. The van der Waals surface area contributed by atoms with E-state index in [0.29, 0.717) is 12.5 Å². The van der Waals surface area contributed by atoms with E-state index < -0.39 is 10.8 Å². The number of benzene rings is 1. The summed E-state index contributed by atoms with van der Waals surface area (Å²) in [6, 6.07) is 5.40. The molecule has 1 atom stereocenters. The van der Waals surface area contributed by atoms with Gasteiger partial charge in [-0.3, -0.25) is 19.7 Å². The van der Waals surface area contributed by atoms with E-state index in [4.69, 9.17) is 0 Å². The summed E-state index contributed by atoms with van der Waals surface area (Å²) in [5.41, 5.74) is 0.000179. The van der Waals surface area contributed by atoms with Crippen LogP contribution in [0.15, 0.2) is 24.3 Å². The quantitative estimate of drug-likeness (QED) is 0.507. The number of non-ortho nitro benzene ring substituents is 1. The third kappa shape index (κ3) is 6.76. The van der Waals surface area contributed by atoms with Gasteiger partial charge in [0.15, 0.2) is 0 Å². The second kappa shape index (κ2) is 10.4. The zero-order valence-corrected chi connectivity index (χ0v) is 14.2. The molecule has 2 amide bonds. The van der Waals surface area contributed by atoms with Crippen LogP contribution in [0.1, 0.15) is 49.9 Å². The molecule has 1 unspecified atom stereocenters. The number of carbonyl (C=O) groups is 2. The summed E-state index contributed by atoms with van der Waals surface area (Å²) in [4.78, 5) is 33.9. The number of nitro groups is 1. The van der Waals surface area contributed by atoms with Crippen LogP contribution in [0, 0.1) is 16.0 Å². The fraction of sp³-hybridized carbons (Fsp3) is 0.529. The Labute approximate surface area is 142 Å². The number of nitrogens with zero attached hydrogens (tertiary/aromatic N) is 1. The molecule has 0 aliphatic rings. The van der Waals surface area contributed by atoms with Gasteiger partial charge in [-0.05, 0) is 18.4 Å². The molecule has 0 aliphatic carbocycles. The highest BCUT2D eigenvalue weighted by Gasteiger charge is 2.13. The molecule has 0 saturated carbocycles. The standard InChI is InChI=1S/C17H25N3O4/c1-3-5-7-13(4-2)11-18-16(21)12-19-17(22)14-8-6-9-15(10-14)20(23)24/h6,8-10,13H,3-5,7,11-12H2,1-2H3,(H,18,21)(H,19,22). The van der Waals surface area contributed by atoms with E-state index in [1.165, 1.54) is 24.3 Å². The fourth-order valence-corrected chi connectivity index (χ4v) is 2.29. The maximum absolute atomic E-state index is 11.9. The predicted molar refractivity (Wildman–Crippen MR) is 91.7 cm³/mol. The minimum atomic E-state index is -0.565. The molecule has 24 heavy (non-hydrogen) atoms. The zero-order chi connectivity index (χ0) is 17.9. The first-order valence-corrected chi connectivity index (χ1v) is 8.27. The van der Waals surface area contributed by atoms with Gasteiger partial charge in [0, 0.05) is 24.2 Å². The second-order valence-corrected chi connectivity index (χ2v) is 5.71. The Bertz CT molecular complexity index is 575. The van der Waals surface area contributed by atoms with Crippen molar-refractivity contribution in [1.29, 1.82) is 0 Å². The number of amides is 2. The van der Waals surface area contributed by atoms with Gasteiger partial charge in [0.1, 0.15) is 0 Å². The first-order valence-electron chi connectivity index (χ1n) is 8.27. The summed E-state index contributed by atoms with van der Waals surface area (Å²) in [5, 5.41) is 16.0. The molecule has 1 aromatic carbocycles. The molecular formula is C17H25N3O4. The molecule has 1 rings (SSSR count). The van der Waals surface area contributed by atoms with Crippen LogP contribution in [0.4, 0.5) is 5.69 Å². The van der Waals surface area contributed by atoms with Crippen LogP contribution in [-0.4, -0.2) is 29.8 Å². The van der Waals surface area contributed by atoms with Crippen LogP contribution in [0.3, 0.4) is 0 Å². The average molecular weight is 335 g/mol. The molecule has 0 saturated heterocycles. The molecule has 0 aromatic heterocycles. The summed E-state index contributed by atoms with van der Waals surface area (Å²) in [6.45, 7) is 4.68. The molecule has 0 aliphatic heterocycles. The predicted octanol–water partition coefficient (Wildman–Crippen LogP) is 2.66. The Balaban J connectivity index is 2.42. The third-order valence-corrected chi connectivity index (χ3v) is 3.86. The van der Waals surface area contributed by atoms with Crippen molar-refractivity contribution in [2.75, 3.05) is 13.1 Å². The van der Waals surface area contributed by atoms with Gasteiger partial charge in [-0.15, -0.1) is 0 Å². The van der Waals surface area contributed by atoms with Gasteiger partial charge in [-0.1, -0.05) is 39.2 Å². The van der Waals surface area contributed by atoms with Crippen molar-refractivity contribution in [3.63, 3.8) is 0 Å². The Morgan fingerprint density at radius 3 is 2.62 bits per heavy atom. The number of hydrogen-bond acceptors (Lipinski definition) is 4. The van der Waals surface area contributed by atoms with Gasteiger partial charge < -0.3 is 10.6 Å². The molecular weight excluding hydrogens is 310 g/mol. The lowest BCUT2D eigenvalue weighted by atomic mass is 9.99. The van der Waals surface area contributed by atoms with Gasteiger partial charge in [0.05, 0.1) is 11.5 Å². The number of hydrogen-bond donors (Lipinski definition) is 2. The highest BCUT2D eigenvalue weighted by Crippen LogP contribution is 2.13. The zero-order valence-electron chi connectivity index (χ0n) is 14.2. The molecule has 0 spiro atoms.